The van der Waals surface area contributed by atoms with Crippen LogP contribution in [-0.2, 0) is 0 Å². The third-order valence-electron chi connectivity index (χ3n) is 2.66. The quantitative estimate of drug-likeness (QED) is 0.733. The maximum atomic E-state index is 5.08. The first-order chi connectivity index (χ1) is 7.29. The van der Waals surface area contributed by atoms with Crippen LogP contribution in [0.2, 0.25) is 0 Å². The zero-order valence-electron chi connectivity index (χ0n) is 9.16. The van der Waals surface area contributed by atoms with Crippen molar-refractivity contribution >= 4 is 5.57 Å². The lowest BCUT2D eigenvalue weighted by molar-refractivity contribution is 0.413. The van der Waals surface area contributed by atoms with E-state index in [0.29, 0.717) is 0 Å². The van der Waals surface area contributed by atoms with Crippen molar-refractivity contribution in [2.75, 3.05) is 7.11 Å². The normalized spacial score (nSPS) is 15.6. The van der Waals surface area contributed by atoms with Crippen LogP contribution in [-0.4, -0.2) is 12.1 Å². The average Bonchev–Trinajstić information content (AvgIpc) is 2.30. The highest BCUT2D eigenvalue weighted by molar-refractivity contribution is 5.66. The molecule has 0 saturated heterocycles. The van der Waals surface area contributed by atoms with Gasteiger partial charge in [-0.3, -0.25) is 4.98 Å². The second-order valence-electron chi connectivity index (χ2n) is 3.79. The number of methoxy groups -OCH3 is 1. The molecule has 0 spiro atoms. The van der Waals surface area contributed by atoms with Crippen LogP contribution in [0.15, 0.2) is 36.1 Å². The van der Waals surface area contributed by atoms with Gasteiger partial charge in [-0.2, -0.15) is 0 Å². The lowest BCUT2D eigenvalue weighted by atomic mass is 9.97. The molecule has 1 aliphatic carbocycles. The van der Waals surface area contributed by atoms with Gasteiger partial charge in [-0.25, -0.2) is 0 Å². The minimum atomic E-state index is 0.807. The molecule has 1 aliphatic rings. The van der Waals surface area contributed by atoms with Crippen LogP contribution in [0.25, 0.3) is 5.57 Å². The molecule has 0 fully saturated rings. The van der Waals surface area contributed by atoms with Crippen molar-refractivity contribution in [2.24, 2.45) is 0 Å². The van der Waals surface area contributed by atoms with E-state index in [9.17, 15) is 0 Å². The number of nitrogens with zero attached hydrogens (tertiary/aromatic N) is 1. The Labute approximate surface area is 90.3 Å². The minimum absolute atomic E-state index is 0.807. The predicted molar refractivity (Wildman–Crippen MR) is 61.8 cm³/mol. The molecule has 0 radical (unpaired) electrons. The van der Waals surface area contributed by atoms with Gasteiger partial charge in [0, 0.05) is 0 Å². The van der Waals surface area contributed by atoms with Crippen LogP contribution < -0.4 is 4.74 Å². The van der Waals surface area contributed by atoms with E-state index >= 15 is 0 Å². The van der Waals surface area contributed by atoms with Crippen LogP contribution in [0.3, 0.4) is 0 Å². The van der Waals surface area contributed by atoms with E-state index in [0.717, 1.165) is 24.3 Å². The van der Waals surface area contributed by atoms with E-state index in [1.165, 1.54) is 11.1 Å². The van der Waals surface area contributed by atoms with Gasteiger partial charge in [-0.1, -0.05) is 17.7 Å². The predicted octanol–water partition coefficient (Wildman–Crippen LogP) is 3.21. The Balaban J connectivity index is 2.23. The topological polar surface area (TPSA) is 22.1 Å². The van der Waals surface area contributed by atoms with E-state index in [4.69, 9.17) is 4.74 Å². The van der Waals surface area contributed by atoms with Crippen molar-refractivity contribution in [1.29, 1.82) is 0 Å². The molecule has 1 aromatic rings. The summed E-state index contributed by atoms with van der Waals surface area (Å²) in [6.45, 7) is 2.16. The van der Waals surface area contributed by atoms with Crippen molar-refractivity contribution in [1.82, 2.24) is 4.98 Å². The second kappa shape index (κ2) is 4.30. The standard InChI is InChI=1S/C13H15NO/c1-10-3-5-11(6-4-10)13-8-7-12(15-2)9-14-13/h3,5,7-9H,4,6H2,1-2H3. The molecule has 1 heterocycles. The summed E-state index contributed by atoms with van der Waals surface area (Å²) in [5.74, 6) is 0.807. The second-order valence-corrected chi connectivity index (χ2v) is 3.79. The zero-order valence-corrected chi connectivity index (χ0v) is 9.16. The highest BCUT2D eigenvalue weighted by Crippen LogP contribution is 2.25. The highest BCUT2D eigenvalue weighted by Gasteiger charge is 2.06. The first-order valence-electron chi connectivity index (χ1n) is 5.16. The van der Waals surface area contributed by atoms with Crippen LogP contribution in [0.4, 0.5) is 0 Å². The Morgan fingerprint density at radius 2 is 2.07 bits per heavy atom. The highest BCUT2D eigenvalue weighted by atomic mass is 16.5. The number of rotatable bonds is 2. The Hall–Kier alpha value is -1.57. The Kier molecular flexibility index (Phi) is 2.86. The summed E-state index contributed by atoms with van der Waals surface area (Å²) in [6, 6.07) is 3.97. The first kappa shape index (κ1) is 9.97. The van der Waals surface area contributed by atoms with Gasteiger partial charge in [0.1, 0.15) is 5.75 Å². The van der Waals surface area contributed by atoms with Gasteiger partial charge < -0.3 is 4.74 Å². The SMILES string of the molecule is COc1ccc(C2=CC=C(C)CC2)nc1. The molecule has 0 N–H and O–H groups in total. The third kappa shape index (κ3) is 2.27. The number of aromatic nitrogens is 1. The van der Waals surface area contributed by atoms with E-state index in [2.05, 4.69) is 24.1 Å². The summed E-state index contributed by atoms with van der Waals surface area (Å²) in [4.78, 5) is 4.38. The molecule has 0 aromatic carbocycles. The lowest BCUT2D eigenvalue weighted by Crippen LogP contribution is -1.94. The van der Waals surface area contributed by atoms with Crippen LogP contribution in [0.1, 0.15) is 25.5 Å². The smallest absolute Gasteiger partial charge is 0.137 e. The van der Waals surface area contributed by atoms with Crippen LogP contribution >= 0.6 is 0 Å². The number of hydrogen-bond acceptors (Lipinski definition) is 2. The van der Waals surface area contributed by atoms with Crippen molar-refractivity contribution in [3.63, 3.8) is 0 Å². The first-order valence-corrected chi connectivity index (χ1v) is 5.16. The number of allylic oxidation sites excluding steroid dienone is 4. The van der Waals surface area contributed by atoms with Crippen LogP contribution in [0, 0.1) is 0 Å². The molecule has 0 atom stereocenters. The van der Waals surface area contributed by atoms with E-state index in [-0.39, 0.29) is 0 Å². The van der Waals surface area contributed by atoms with E-state index < -0.39 is 0 Å². The van der Waals surface area contributed by atoms with Gasteiger partial charge >= 0.3 is 0 Å². The third-order valence-corrected chi connectivity index (χ3v) is 2.66. The fourth-order valence-corrected chi connectivity index (χ4v) is 1.65. The summed E-state index contributed by atoms with van der Waals surface area (Å²) in [7, 11) is 1.66. The van der Waals surface area contributed by atoms with Gasteiger partial charge in [0.05, 0.1) is 19.0 Å². The van der Waals surface area contributed by atoms with Gasteiger partial charge in [0.15, 0.2) is 0 Å². The maximum Gasteiger partial charge on any atom is 0.137 e. The fourth-order valence-electron chi connectivity index (χ4n) is 1.65. The van der Waals surface area contributed by atoms with Gasteiger partial charge in [-0.05, 0) is 37.5 Å². The van der Waals surface area contributed by atoms with Crippen LogP contribution in [0.5, 0.6) is 5.75 Å². The molecule has 1 aromatic heterocycles. The van der Waals surface area contributed by atoms with Crippen molar-refractivity contribution in [3.05, 3.63) is 41.7 Å². The van der Waals surface area contributed by atoms with E-state index in [1.54, 1.807) is 13.3 Å². The summed E-state index contributed by atoms with van der Waals surface area (Å²) in [6.07, 6.45) is 8.32. The monoisotopic (exact) mass is 201 g/mol. The summed E-state index contributed by atoms with van der Waals surface area (Å²) in [5.41, 5.74) is 3.80. The molecule has 0 aliphatic heterocycles. The molecule has 0 unspecified atom stereocenters. The minimum Gasteiger partial charge on any atom is -0.495 e. The molecule has 2 rings (SSSR count). The molecule has 2 heteroatoms. The zero-order chi connectivity index (χ0) is 10.7. The summed E-state index contributed by atoms with van der Waals surface area (Å²) < 4.78 is 5.08. The summed E-state index contributed by atoms with van der Waals surface area (Å²) in [5, 5.41) is 0. The molecular formula is C13H15NO. The molecule has 2 nitrogen and oxygen atoms in total. The largest absolute Gasteiger partial charge is 0.495 e. The summed E-state index contributed by atoms with van der Waals surface area (Å²) >= 11 is 0. The molecular weight excluding hydrogens is 186 g/mol. The van der Waals surface area contributed by atoms with Crippen molar-refractivity contribution in [3.8, 4) is 5.75 Å². The van der Waals surface area contributed by atoms with Crippen molar-refractivity contribution in [2.45, 2.75) is 19.8 Å². The molecule has 0 amide bonds. The molecule has 0 saturated carbocycles. The Bertz CT molecular complexity index is 401. The lowest BCUT2D eigenvalue weighted by Gasteiger charge is -2.11. The van der Waals surface area contributed by atoms with Gasteiger partial charge in [0.2, 0.25) is 0 Å². The average molecular weight is 201 g/mol. The fraction of sp³-hybridized carbons (Fsp3) is 0.308. The Morgan fingerprint density at radius 3 is 2.60 bits per heavy atom. The number of ether oxygens (including phenoxy) is 1. The molecule has 15 heavy (non-hydrogen) atoms. The van der Waals surface area contributed by atoms with E-state index in [1.807, 2.05) is 12.1 Å². The molecule has 78 valence electrons. The Morgan fingerprint density at radius 1 is 1.20 bits per heavy atom. The van der Waals surface area contributed by atoms with Crippen molar-refractivity contribution < 1.29 is 4.74 Å². The van der Waals surface area contributed by atoms with Gasteiger partial charge in [-0.15, -0.1) is 0 Å². The maximum absolute atomic E-state index is 5.08. The molecule has 0 bridgehead atoms. The number of pyridine rings is 1. The van der Waals surface area contributed by atoms with Gasteiger partial charge in [0.25, 0.3) is 0 Å². The number of hydrogen-bond donors (Lipinski definition) is 0.